The van der Waals surface area contributed by atoms with Crippen molar-refractivity contribution in [2.45, 2.75) is 19.3 Å². The number of rotatable bonds is 9. The maximum absolute atomic E-state index is 11.9. The standard InChI is InChI=1S/C11H22N2O6S/c14-7-9-19-8-1-4-12-20(17,18)13-5-2-10(3-6-13)11(15)16/h10,12,14H,1-9H2,(H,15,16). The van der Waals surface area contributed by atoms with Crippen molar-refractivity contribution in [2.75, 3.05) is 39.5 Å². The van der Waals surface area contributed by atoms with E-state index >= 15 is 0 Å². The third-order valence-corrected chi connectivity index (χ3v) is 4.74. The van der Waals surface area contributed by atoms with E-state index in [1.54, 1.807) is 0 Å². The zero-order valence-corrected chi connectivity index (χ0v) is 12.1. The summed E-state index contributed by atoms with van der Waals surface area (Å²) in [5.41, 5.74) is 0. The molecule has 0 aliphatic carbocycles. The topological polar surface area (TPSA) is 116 Å². The van der Waals surface area contributed by atoms with E-state index in [-0.39, 0.29) is 32.8 Å². The predicted octanol–water partition coefficient (Wildman–Crippen LogP) is -0.984. The Labute approximate surface area is 118 Å². The SMILES string of the molecule is O=C(O)C1CCN(S(=O)(=O)NCCCOCCO)CC1. The molecule has 20 heavy (non-hydrogen) atoms. The van der Waals surface area contributed by atoms with Crippen LogP contribution in [0, 0.1) is 5.92 Å². The Morgan fingerprint density at radius 2 is 1.95 bits per heavy atom. The summed E-state index contributed by atoms with van der Waals surface area (Å²) in [6.45, 7) is 1.29. The van der Waals surface area contributed by atoms with Crippen LogP contribution in [0.5, 0.6) is 0 Å². The lowest BCUT2D eigenvalue weighted by molar-refractivity contribution is -0.142. The van der Waals surface area contributed by atoms with Crippen LogP contribution >= 0.6 is 0 Å². The lowest BCUT2D eigenvalue weighted by atomic mass is 9.99. The van der Waals surface area contributed by atoms with E-state index < -0.39 is 22.1 Å². The van der Waals surface area contributed by atoms with Gasteiger partial charge in [-0.15, -0.1) is 0 Å². The van der Waals surface area contributed by atoms with Crippen molar-refractivity contribution < 1.29 is 28.2 Å². The van der Waals surface area contributed by atoms with Gasteiger partial charge in [-0.1, -0.05) is 0 Å². The summed E-state index contributed by atoms with van der Waals surface area (Å²) in [4.78, 5) is 10.8. The van der Waals surface area contributed by atoms with Gasteiger partial charge in [0.05, 0.1) is 19.1 Å². The van der Waals surface area contributed by atoms with E-state index in [2.05, 4.69) is 4.72 Å². The van der Waals surface area contributed by atoms with Crippen molar-refractivity contribution >= 4 is 16.2 Å². The second-order valence-electron chi connectivity index (χ2n) is 4.60. The van der Waals surface area contributed by atoms with Gasteiger partial charge in [-0.2, -0.15) is 12.7 Å². The quantitative estimate of drug-likeness (QED) is 0.471. The number of aliphatic carboxylic acids is 1. The number of ether oxygens (including phenoxy) is 1. The summed E-state index contributed by atoms with van der Waals surface area (Å²) >= 11 is 0. The van der Waals surface area contributed by atoms with Gasteiger partial charge >= 0.3 is 5.97 Å². The van der Waals surface area contributed by atoms with Crippen LogP contribution in [-0.2, 0) is 19.7 Å². The molecule has 0 bridgehead atoms. The van der Waals surface area contributed by atoms with E-state index in [1.807, 2.05) is 0 Å². The third-order valence-electron chi connectivity index (χ3n) is 3.13. The Morgan fingerprint density at radius 1 is 1.30 bits per heavy atom. The van der Waals surface area contributed by atoms with Crippen LogP contribution in [0.1, 0.15) is 19.3 Å². The molecular formula is C11H22N2O6S. The van der Waals surface area contributed by atoms with Gasteiger partial charge < -0.3 is 14.9 Å². The second kappa shape index (κ2) is 8.53. The fourth-order valence-electron chi connectivity index (χ4n) is 1.98. The number of hydrogen-bond acceptors (Lipinski definition) is 5. The first kappa shape index (κ1) is 17.3. The van der Waals surface area contributed by atoms with Crippen LogP contribution in [0.3, 0.4) is 0 Å². The molecule has 1 fully saturated rings. The Morgan fingerprint density at radius 3 is 2.50 bits per heavy atom. The zero-order valence-electron chi connectivity index (χ0n) is 11.3. The smallest absolute Gasteiger partial charge is 0.306 e. The maximum Gasteiger partial charge on any atom is 0.306 e. The van der Waals surface area contributed by atoms with Crippen molar-refractivity contribution in [3.05, 3.63) is 0 Å². The average Bonchev–Trinajstić information content (AvgIpc) is 2.43. The highest BCUT2D eigenvalue weighted by Crippen LogP contribution is 2.18. The molecule has 0 radical (unpaired) electrons. The molecule has 0 atom stereocenters. The molecule has 118 valence electrons. The molecule has 1 rings (SSSR count). The first-order valence-corrected chi connectivity index (χ1v) is 8.07. The predicted molar refractivity (Wildman–Crippen MR) is 71.4 cm³/mol. The van der Waals surface area contributed by atoms with Crippen molar-refractivity contribution in [3.63, 3.8) is 0 Å². The molecule has 0 amide bonds. The Balaban J connectivity index is 2.26. The van der Waals surface area contributed by atoms with E-state index in [1.165, 1.54) is 4.31 Å². The molecule has 1 aliphatic rings. The van der Waals surface area contributed by atoms with E-state index in [0.29, 0.717) is 25.9 Å². The summed E-state index contributed by atoms with van der Waals surface area (Å²) in [7, 11) is -3.54. The highest BCUT2D eigenvalue weighted by Gasteiger charge is 2.30. The van der Waals surface area contributed by atoms with Crippen LogP contribution in [0.25, 0.3) is 0 Å². The second-order valence-corrected chi connectivity index (χ2v) is 6.36. The first-order chi connectivity index (χ1) is 9.47. The van der Waals surface area contributed by atoms with Crippen molar-refractivity contribution in [1.29, 1.82) is 0 Å². The van der Waals surface area contributed by atoms with Gasteiger partial charge in [0.2, 0.25) is 0 Å². The van der Waals surface area contributed by atoms with Gasteiger partial charge in [-0.25, -0.2) is 4.72 Å². The van der Waals surface area contributed by atoms with Crippen LogP contribution in [-0.4, -0.2) is 68.4 Å². The molecule has 0 aromatic rings. The molecule has 8 nitrogen and oxygen atoms in total. The number of carboxylic acids is 1. The van der Waals surface area contributed by atoms with Gasteiger partial charge in [0.15, 0.2) is 0 Å². The summed E-state index contributed by atoms with van der Waals surface area (Å²) in [5.74, 6) is -1.32. The molecule has 1 aliphatic heterocycles. The monoisotopic (exact) mass is 310 g/mol. The van der Waals surface area contributed by atoms with Gasteiger partial charge in [0.1, 0.15) is 0 Å². The van der Waals surface area contributed by atoms with E-state index in [0.717, 1.165) is 0 Å². The van der Waals surface area contributed by atoms with Crippen LogP contribution in [0.4, 0.5) is 0 Å². The molecule has 1 heterocycles. The zero-order chi connectivity index (χ0) is 15.0. The fraction of sp³-hybridized carbons (Fsp3) is 0.909. The molecule has 0 saturated carbocycles. The summed E-state index contributed by atoms with van der Waals surface area (Å²) in [5, 5.41) is 17.4. The number of piperidine rings is 1. The Hall–Kier alpha value is -0.740. The average molecular weight is 310 g/mol. The minimum atomic E-state index is -3.54. The summed E-state index contributed by atoms with van der Waals surface area (Å²) in [6.07, 6.45) is 1.20. The number of carboxylic acid groups (broad SMARTS) is 1. The fourth-order valence-corrected chi connectivity index (χ4v) is 3.25. The molecule has 0 aromatic carbocycles. The molecule has 0 spiro atoms. The number of carbonyl (C=O) groups is 1. The summed E-state index contributed by atoms with van der Waals surface area (Å²) in [6, 6.07) is 0. The number of nitrogens with zero attached hydrogens (tertiary/aromatic N) is 1. The number of aliphatic hydroxyl groups excluding tert-OH is 1. The Bertz CT molecular complexity index is 392. The van der Waals surface area contributed by atoms with E-state index in [9.17, 15) is 13.2 Å². The minimum absolute atomic E-state index is 0.0513. The molecule has 3 N–H and O–H groups in total. The lowest BCUT2D eigenvalue weighted by Gasteiger charge is -2.29. The number of aliphatic hydroxyl groups is 1. The third kappa shape index (κ3) is 5.71. The van der Waals surface area contributed by atoms with Gasteiger partial charge in [-0.05, 0) is 19.3 Å². The molecule has 0 unspecified atom stereocenters. The lowest BCUT2D eigenvalue weighted by Crippen LogP contribution is -2.46. The van der Waals surface area contributed by atoms with Crippen molar-refractivity contribution in [2.24, 2.45) is 5.92 Å². The molecular weight excluding hydrogens is 288 g/mol. The minimum Gasteiger partial charge on any atom is -0.481 e. The van der Waals surface area contributed by atoms with Crippen molar-refractivity contribution in [3.8, 4) is 0 Å². The van der Waals surface area contributed by atoms with Crippen LogP contribution < -0.4 is 4.72 Å². The van der Waals surface area contributed by atoms with Gasteiger partial charge in [0, 0.05) is 26.2 Å². The normalized spacial score (nSPS) is 18.2. The van der Waals surface area contributed by atoms with Gasteiger partial charge in [-0.3, -0.25) is 4.79 Å². The highest BCUT2D eigenvalue weighted by atomic mass is 32.2. The van der Waals surface area contributed by atoms with Crippen LogP contribution in [0.2, 0.25) is 0 Å². The largest absolute Gasteiger partial charge is 0.481 e. The molecule has 0 aromatic heterocycles. The van der Waals surface area contributed by atoms with Crippen LogP contribution in [0.15, 0.2) is 0 Å². The first-order valence-electron chi connectivity index (χ1n) is 6.63. The Kier molecular flexibility index (Phi) is 7.38. The maximum atomic E-state index is 11.9. The molecule has 1 saturated heterocycles. The summed E-state index contributed by atoms with van der Waals surface area (Å²) < 4.78 is 32.6. The van der Waals surface area contributed by atoms with E-state index in [4.69, 9.17) is 14.9 Å². The van der Waals surface area contributed by atoms with Gasteiger partial charge in [0.25, 0.3) is 10.2 Å². The number of hydrogen-bond donors (Lipinski definition) is 3. The number of nitrogens with one attached hydrogen (secondary N) is 1. The molecule has 9 heteroatoms. The van der Waals surface area contributed by atoms with Crippen molar-refractivity contribution in [1.82, 2.24) is 9.03 Å². The highest BCUT2D eigenvalue weighted by molar-refractivity contribution is 7.87.